The minimum atomic E-state index is -2.88. The fourth-order valence-corrected chi connectivity index (χ4v) is 15.3. The highest BCUT2D eigenvalue weighted by Gasteiger charge is 2.48. The second-order valence-electron chi connectivity index (χ2n) is 8.99. The molecule has 0 aromatic heterocycles. The molecule has 0 amide bonds. The van der Waals surface area contributed by atoms with Crippen LogP contribution in [-0.4, -0.2) is 33.8 Å². The first-order chi connectivity index (χ1) is 10.7. The summed E-state index contributed by atoms with van der Waals surface area (Å²) in [6.45, 7) is 19.8. The topological polar surface area (TPSA) is 27.7 Å². The van der Waals surface area contributed by atoms with Gasteiger partial charge in [-0.05, 0) is 70.2 Å². The third-order valence-corrected chi connectivity index (χ3v) is 14.0. The van der Waals surface area contributed by atoms with Crippen molar-refractivity contribution in [3.63, 3.8) is 0 Å². The van der Waals surface area contributed by atoms with E-state index in [0.717, 1.165) is 5.56 Å². The molecule has 0 saturated carbocycles. The quantitative estimate of drug-likeness (QED) is 0.523. The van der Waals surface area contributed by atoms with Gasteiger partial charge in [-0.25, -0.2) is 0 Å². The molecule has 7 heteroatoms. The van der Waals surface area contributed by atoms with Gasteiger partial charge in [-0.1, -0.05) is 36.4 Å². The molecule has 0 saturated heterocycles. The van der Waals surface area contributed by atoms with Crippen molar-refractivity contribution in [3.05, 3.63) is 41.6 Å². The van der Waals surface area contributed by atoms with Gasteiger partial charge < -0.3 is 12.3 Å². The van der Waals surface area contributed by atoms with Crippen LogP contribution in [0.1, 0.15) is 5.56 Å². The van der Waals surface area contributed by atoms with Gasteiger partial charge in [0.05, 0.1) is 0 Å². The van der Waals surface area contributed by atoms with E-state index in [2.05, 4.69) is 82.8 Å². The number of hydrogen-bond acceptors (Lipinski definition) is 3. The van der Waals surface area contributed by atoms with Gasteiger partial charge in [-0.3, -0.25) is 0 Å². The molecule has 0 aliphatic rings. The Morgan fingerprint density at radius 3 is 1.33 bits per heavy atom. The molecule has 1 rings (SSSR count). The summed E-state index contributed by atoms with van der Waals surface area (Å²) in [5, 5.41) is 0. The molecule has 0 atom stereocenters. The lowest BCUT2D eigenvalue weighted by molar-refractivity contribution is 0.271. The lowest BCUT2D eigenvalue weighted by Crippen LogP contribution is -2.59. The maximum absolute atomic E-state index is 6.62. The fourth-order valence-electron chi connectivity index (χ4n) is 2.21. The van der Waals surface area contributed by atoms with Crippen molar-refractivity contribution in [3.8, 4) is 0 Å². The molecular formula is C17H34O3Si4. The van der Waals surface area contributed by atoms with E-state index in [1.807, 2.05) is 18.2 Å². The Labute approximate surface area is 152 Å². The van der Waals surface area contributed by atoms with E-state index in [1.165, 1.54) is 0 Å². The molecule has 0 bridgehead atoms. The summed E-state index contributed by atoms with van der Waals surface area (Å²) in [5.74, 6) is 0. The number of benzene rings is 1. The van der Waals surface area contributed by atoms with Crippen molar-refractivity contribution in [2.45, 2.75) is 58.9 Å². The summed E-state index contributed by atoms with van der Waals surface area (Å²) in [6, 6.07) is 10.3. The average Bonchev–Trinajstić information content (AvgIpc) is 2.31. The first-order valence-electron chi connectivity index (χ1n) is 8.55. The van der Waals surface area contributed by atoms with Crippen LogP contribution in [0, 0.1) is 0 Å². The van der Waals surface area contributed by atoms with E-state index < -0.39 is 33.8 Å². The Bertz CT molecular complexity index is 499. The lowest BCUT2D eigenvalue weighted by atomic mass is 10.2. The number of rotatable bonds is 8. The van der Waals surface area contributed by atoms with Crippen LogP contribution in [-0.2, 0) is 12.3 Å². The summed E-state index contributed by atoms with van der Waals surface area (Å²) in [4.78, 5) is 0. The average molecular weight is 399 g/mol. The van der Waals surface area contributed by atoms with Crippen molar-refractivity contribution in [2.24, 2.45) is 0 Å². The Morgan fingerprint density at radius 1 is 0.625 bits per heavy atom. The molecule has 1 aromatic rings. The highest BCUT2D eigenvalue weighted by Crippen LogP contribution is 2.27. The van der Waals surface area contributed by atoms with E-state index in [4.69, 9.17) is 12.3 Å². The zero-order valence-corrected chi connectivity index (χ0v) is 20.8. The second kappa shape index (κ2) is 7.94. The zero-order chi connectivity index (χ0) is 18.6. The standard InChI is InChI=1S/C17H34O3Si4/c1-21(2,3)18-24(19-22(4,5)6,20-23(7,8)9)16-15-17-13-11-10-12-14-17/h10-16H,1-9H3. The summed E-state index contributed by atoms with van der Waals surface area (Å²) in [7, 11) is -8.36. The van der Waals surface area contributed by atoms with Crippen molar-refractivity contribution >= 4 is 39.8 Å². The van der Waals surface area contributed by atoms with Crippen molar-refractivity contribution in [1.82, 2.24) is 0 Å². The van der Waals surface area contributed by atoms with E-state index in [-0.39, 0.29) is 0 Å². The van der Waals surface area contributed by atoms with Gasteiger partial charge in [0.25, 0.3) is 0 Å². The number of hydrogen-bond donors (Lipinski definition) is 0. The maximum Gasteiger partial charge on any atom is 0.498 e. The summed E-state index contributed by atoms with van der Waals surface area (Å²) in [6.07, 6.45) is 2.10. The molecule has 24 heavy (non-hydrogen) atoms. The van der Waals surface area contributed by atoms with Gasteiger partial charge in [-0.2, -0.15) is 0 Å². The Balaban J connectivity index is 3.29. The predicted molar refractivity (Wildman–Crippen MR) is 115 cm³/mol. The highest BCUT2D eigenvalue weighted by molar-refractivity contribution is 6.92. The van der Waals surface area contributed by atoms with Gasteiger partial charge in [0.1, 0.15) is 0 Å². The molecule has 0 heterocycles. The highest BCUT2D eigenvalue weighted by atomic mass is 28.5. The summed E-state index contributed by atoms with van der Waals surface area (Å²) < 4.78 is 19.8. The first kappa shape index (κ1) is 21.7. The Hall–Kier alpha value is -0.292. The SMILES string of the molecule is C[Si](C)(C)O[Si](C=Cc1ccccc1)(O[Si](C)(C)C)O[Si](C)(C)C. The molecule has 0 unspecified atom stereocenters. The normalized spacial score (nSPS) is 14.4. The van der Waals surface area contributed by atoms with Crippen LogP contribution < -0.4 is 0 Å². The van der Waals surface area contributed by atoms with Crippen LogP contribution in [0.3, 0.4) is 0 Å². The molecule has 0 N–H and O–H groups in total. The van der Waals surface area contributed by atoms with Crippen LogP contribution in [0.15, 0.2) is 36.0 Å². The minimum Gasteiger partial charge on any atom is -0.414 e. The third kappa shape index (κ3) is 9.26. The van der Waals surface area contributed by atoms with Gasteiger partial charge in [-0.15, -0.1) is 0 Å². The molecule has 0 aliphatic heterocycles. The lowest BCUT2D eigenvalue weighted by Gasteiger charge is -2.41. The summed E-state index contributed by atoms with van der Waals surface area (Å²) >= 11 is 0. The van der Waals surface area contributed by atoms with Crippen LogP contribution in [0.2, 0.25) is 58.9 Å². The minimum absolute atomic E-state index is 1.15. The predicted octanol–water partition coefficient (Wildman–Crippen LogP) is 5.73. The molecule has 1 aromatic carbocycles. The van der Waals surface area contributed by atoms with Crippen molar-refractivity contribution < 1.29 is 12.3 Å². The van der Waals surface area contributed by atoms with Gasteiger partial charge in [0.2, 0.25) is 0 Å². The Morgan fingerprint density at radius 2 is 1.00 bits per heavy atom. The maximum atomic E-state index is 6.62. The zero-order valence-electron chi connectivity index (χ0n) is 16.8. The molecule has 3 nitrogen and oxygen atoms in total. The van der Waals surface area contributed by atoms with Gasteiger partial charge in [0.15, 0.2) is 25.0 Å². The van der Waals surface area contributed by atoms with Gasteiger partial charge >= 0.3 is 8.80 Å². The molecule has 0 spiro atoms. The van der Waals surface area contributed by atoms with E-state index in [1.54, 1.807) is 0 Å². The van der Waals surface area contributed by atoms with E-state index in [9.17, 15) is 0 Å². The van der Waals surface area contributed by atoms with Crippen molar-refractivity contribution in [2.75, 3.05) is 0 Å². The first-order valence-corrected chi connectivity index (χ1v) is 20.6. The molecule has 136 valence electrons. The van der Waals surface area contributed by atoms with Crippen LogP contribution in [0.5, 0.6) is 0 Å². The second-order valence-corrected chi connectivity index (χ2v) is 25.7. The molecule has 0 radical (unpaired) electrons. The van der Waals surface area contributed by atoms with Crippen LogP contribution >= 0.6 is 0 Å². The van der Waals surface area contributed by atoms with Crippen LogP contribution in [0.4, 0.5) is 0 Å². The van der Waals surface area contributed by atoms with Crippen LogP contribution in [0.25, 0.3) is 6.08 Å². The summed E-state index contributed by atoms with van der Waals surface area (Å²) in [5.41, 5.74) is 3.25. The monoisotopic (exact) mass is 398 g/mol. The van der Waals surface area contributed by atoms with E-state index in [0.29, 0.717) is 0 Å². The largest absolute Gasteiger partial charge is 0.498 e. The van der Waals surface area contributed by atoms with Crippen molar-refractivity contribution in [1.29, 1.82) is 0 Å². The third-order valence-electron chi connectivity index (χ3n) is 2.62. The molecule has 0 aliphatic carbocycles. The fraction of sp³-hybridized carbons (Fsp3) is 0.529. The molecule has 0 fully saturated rings. The van der Waals surface area contributed by atoms with Gasteiger partial charge in [0, 0.05) is 0 Å². The smallest absolute Gasteiger partial charge is 0.414 e. The van der Waals surface area contributed by atoms with E-state index >= 15 is 0 Å². The molecular weight excluding hydrogens is 365 g/mol. The Kier molecular flexibility index (Phi) is 7.20.